The largest absolute Gasteiger partial charge is 0.465 e. The van der Waals surface area contributed by atoms with Crippen LogP contribution < -0.4 is 0 Å². The third-order valence-corrected chi connectivity index (χ3v) is 11.2. The van der Waals surface area contributed by atoms with Crippen LogP contribution in [0.4, 0.5) is 0 Å². The van der Waals surface area contributed by atoms with Gasteiger partial charge in [0.15, 0.2) is 0 Å². The highest BCUT2D eigenvalue weighted by Crippen LogP contribution is 2.71. The molecule has 1 saturated carbocycles. The molecule has 0 aromatic rings. The summed E-state index contributed by atoms with van der Waals surface area (Å²) < 4.78 is 4.72. The molecule has 2 amide bonds. The SMILES string of the molecule is C=CCCCCOC(=O)[C@@H]1[C@H]2C(=O)N(CCCCO)C(C(=O)N(CC=C)C3CCCCC3)C23CC[C@@]1(C)S3. The fourth-order valence-corrected chi connectivity index (χ4v) is 9.80. The Balaban J connectivity index is 1.63. The van der Waals surface area contributed by atoms with Crippen LogP contribution in [0.2, 0.25) is 0 Å². The molecule has 4 fully saturated rings. The van der Waals surface area contributed by atoms with Crippen molar-refractivity contribution in [3.8, 4) is 0 Å². The lowest BCUT2D eigenvalue weighted by Gasteiger charge is -2.41. The number of hydrogen-bond acceptors (Lipinski definition) is 6. The summed E-state index contributed by atoms with van der Waals surface area (Å²) in [4.78, 5) is 45.9. The third kappa shape index (κ3) is 5.32. The number of amides is 2. The fraction of sp³-hybridized carbons (Fsp3) is 0.767. The molecule has 3 heterocycles. The number of likely N-dealkylation sites (tertiary alicyclic amines) is 1. The van der Waals surface area contributed by atoms with Crippen molar-refractivity contribution in [3.63, 3.8) is 0 Å². The first kappa shape index (κ1) is 29.2. The van der Waals surface area contributed by atoms with Crippen LogP contribution in [0.3, 0.4) is 0 Å². The van der Waals surface area contributed by atoms with E-state index in [1.165, 1.54) is 6.42 Å². The standard InChI is InChI=1S/C30H46N2O5S/c1-4-6-7-13-21-37-28(36)24-23-26(34)32(19-11-12-20-33)25(30(23)17-16-29(24,3)38-30)27(35)31(18-5-2)22-14-9-8-10-15-22/h4-5,22-25,33H,1-2,6-21H2,3H3/t23-,24-,25?,29+,30?/m0/s1. The lowest BCUT2D eigenvalue weighted by atomic mass is 9.66. The van der Waals surface area contributed by atoms with Gasteiger partial charge in [-0.25, -0.2) is 0 Å². The summed E-state index contributed by atoms with van der Waals surface area (Å²) >= 11 is 1.70. The number of thioether (sulfide) groups is 1. The van der Waals surface area contributed by atoms with Gasteiger partial charge in [-0.2, -0.15) is 0 Å². The first-order chi connectivity index (χ1) is 18.3. The Hall–Kier alpha value is -1.80. The zero-order chi connectivity index (χ0) is 27.3. The van der Waals surface area contributed by atoms with Gasteiger partial charge in [-0.3, -0.25) is 14.4 Å². The van der Waals surface area contributed by atoms with Gasteiger partial charge in [-0.15, -0.1) is 24.9 Å². The molecule has 212 valence electrons. The first-order valence-corrected chi connectivity index (χ1v) is 15.5. The molecule has 3 aliphatic heterocycles. The molecule has 3 saturated heterocycles. The van der Waals surface area contributed by atoms with Crippen molar-refractivity contribution in [3.05, 3.63) is 25.3 Å². The second-order valence-electron chi connectivity index (χ2n) is 11.7. The Labute approximate surface area is 232 Å². The highest BCUT2D eigenvalue weighted by molar-refractivity contribution is 8.02. The van der Waals surface area contributed by atoms with Crippen molar-refractivity contribution < 1.29 is 24.2 Å². The number of ether oxygens (including phenoxy) is 1. The van der Waals surface area contributed by atoms with Crippen LogP contribution in [0.1, 0.15) is 84.0 Å². The molecule has 4 rings (SSSR count). The van der Waals surface area contributed by atoms with Gasteiger partial charge in [0.25, 0.3) is 0 Å². The van der Waals surface area contributed by atoms with Crippen LogP contribution >= 0.6 is 11.8 Å². The highest BCUT2D eigenvalue weighted by atomic mass is 32.2. The van der Waals surface area contributed by atoms with E-state index in [1.807, 2.05) is 11.0 Å². The maximum absolute atomic E-state index is 14.5. The molecule has 1 spiro atoms. The Morgan fingerprint density at radius 3 is 2.58 bits per heavy atom. The molecule has 2 unspecified atom stereocenters. The van der Waals surface area contributed by atoms with Gasteiger partial charge >= 0.3 is 5.97 Å². The second-order valence-corrected chi connectivity index (χ2v) is 13.6. The van der Waals surface area contributed by atoms with Crippen molar-refractivity contribution in [1.82, 2.24) is 9.80 Å². The summed E-state index contributed by atoms with van der Waals surface area (Å²) in [7, 11) is 0. The number of rotatable bonds is 14. The van der Waals surface area contributed by atoms with Crippen molar-refractivity contribution in [2.24, 2.45) is 11.8 Å². The van der Waals surface area contributed by atoms with Gasteiger partial charge in [0, 0.05) is 30.5 Å². The van der Waals surface area contributed by atoms with Gasteiger partial charge in [0.05, 0.1) is 23.2 Å². The van der Waals surface area contributed by atoms with Crippen LogP contribution in [0.15, 0.2) is 25.3 Å². The molecule has 0 aromatic heterocycles. The number of unbranched alkanes of at least 4 members (excludes halogenated alkanes) is 3. The number of fused-ring (bicyclic) bond motifs is 1. The van der Waals surface area contributed by atoms with Crippen LogP contribution in [0.5, 0.6) is 0 Å². The lowest BCUT2D eigenvalue weighted by Crippen LogP contribution is -2.57. The first-order valence-electron chi connectivity index (χ1n) is 14.6. The van der Waals surface area contributed by atoms with Gasteiger partial charge in [-0.05, 0) is 64.7 Å². The number of nitrogens with zero attached hydrogens (tertiary/aromatic N) is 2. The fourth-order valence-electron chi connectivity index (χ4n) is 7.46. The summed E-state index contributed by atoms with van der Waals surface area (Å²) in [5.74, 6) is -1.47. The monoisotopic (exact) mass is 546 g/mol. The van der Waals surface area contributed by atoms with Crippen LogP contribution in [0, 0.1) is 11.8 Å². The predicted molar refractivity (Wildman–Crippen MR) is 151 cm³/mol. The molecule has 38 heavy (non-hydrogen) atoms. The van der Waals surface area contributed by atoms with E-state index in [-0.39, 0.29) is 30.4 Å². The quantitative estimate of drug-likeness (QED) is 0.196. The molecule has 1 aliphatic carbocycles. The Bertz CT molecular complexity index is 905. The van der Waals surface area contributed by atoms with Gasteiger partial charge < -0.3 is 19.6 Å². The third-order valence-electron chi connectivity index (χ3n) is 9.24. The molecule has 5 atom stereocenters. The van der Waals surface area contributed by atoms with Gasteiger partial charge in [-0.1, -0.05) is 31.4 Å². The maximum atomic E-state index is 14.5. The maximum Gasteiger partial charge on any atom is 0.311 e. The van der Waals surface area contributed by atoms with Crippen molar-refractivity contribution in [1.29, 1.82) is 0 Å². The Morgan fingerprint density at radius 2 is 1.89 bits per heavy atom. The minimum Gasteiger partial charge on any atom is -0.465 e. The molecular weight excluding hydrogens is 500 g/mol. The van der Waals surface area contributed by atoms with Crippen LogP contribution in [0.25, 0.3) is 0 Å². The van der Waals surface area contributed by atoms with Gasteiger partial charge in [0.2, 0.25) is 11.8 Å². The van der Waals surface area contributed by atoms with Crippen molar-refractivity contribution in [2.75, 3.05) is 26.3 Å². The minimum absolute atomic E-state index is 0.00633. The van der Waals surface area contributed by atoms with Gasteiger partial charge in [0.1, 0.15) is 6.04 Å². The Morgan fingerprint density at radius 1 is 1.13 bits per heavy atom. The lowest BCUT2D eigenvalue weighted by molar-refractivity contribution is -0.155. The average Bonchev–Trinajstić information content (AvgIpc) is 3.48. The number of aliphatic hydroxyl groups excluding tert-OH is 1. The minimum atomic E-state index is -0.622. The van der Waals surface area contributed by atoms with Crippen molar-refractivity contribution in [2.45, 2.75) is 106 Å². The summed E-state index contributed by atoms with van der Waals surface area (Å²) in [6.07, 6.45) is 14.3. The molecule has 7 nitrogen and oxygen atoms in total. The smallest absolute Gasteiger partial charge is 0.311 e. The zero-order valence-electron chi connectivity index (χ0n) is 23.1. The predicted octanol–water partition coefficient (Wildman–Crippen LogP) is 4.49. The number of carbonyl (C=O) groups is 3. The van der Waals surface area contributed by atoms with E-state index in [0.29, 0.717) is 32.5 Å². The summed E-state index contributed by atoms with van der Waals surface area (Å²) in [6, 6.07) is -0.438. The van der Waals surface area contributed by atoms with Crippen LogP contribution in [-0.2, 0) is 19.1 Å². The van der Waals surface area contributed by atoms with Crippen molar-refractivity contribution >= 4 is 29.5 Å². The molecule has 4 aliphatic rings. The molecule has 8 heteroatoms. The van der Waals surface area contributed by atoms with E-state index >= 15 is 0 Å². The Kier molecular flexibility index (Phi) is 9.67. The van der Waals surface area contributed by atoms with E-state index in [9.17, 15) is 19.5 Å². The number of hydrogen-bond donors (Lipinski definition) is 1. The number of aliphatic hydroxyl groups is 1. The van der Waals surface area contributed by atoms with E-state index in [4.69, 9.17) is 4.74 Å². The zero-order valence-corrected chi connectivity index (χ0v) is 23.9. The molecule has 0 aromatic carbocycles. The van der Waals surface area contributed by atoms with E-state index in [1.54, 1.807) is 22.7 Å². The average molecular weight is 547 g/mol. The molecule has 2 bridgehead atoms. The topological polar surface area (TPSA) is 87.1 Å². The normalized spacial score (nSPS) is 32.3. The molecule has 1 N–H and O–H groups in total. The summed E-state index contributed by atoms with van der Waals surface area (Å²) in [5.41, 5.74) is 0. The summed E-state index contributed by atoms with van der Waals surface area (Å²) in [6.45, 7) is 11.0. The number of carbonyl (C=O) groups excluding carboxylic acids is 3. The molecule has 0 radical (unpaired) electrons. The number of esters is 1. The highest BCUT2D eigenvalue weighted by Gasteiger charge is 2.77. The molecular formula is C30H46N2O5S. The number of allylic oxidation sites excluding steroid dienone is 1. The van der Waals surface area contributed by atoms with Crippen LogP contribution in [-0.4, -0.2) is 80.6 Å². The summed E-state index contributed by atoms with van der Waals surface area (Å²) in [5, 5.41) is 9.40. The van der Waals surface area contributed by atoms with E-state index in [0.717, 1.165) is 57.8 Å². The van der Waals surface area contributed by atoms with E-state index < -0.39 is 27.4 Å². The second kappa shape index (κ2) is 12.6. The van der Waals surface area contributed by atoms with E-state index in [2.05, 4.69) is 20.1 Å².